The highest BCUT2D eigenvalue weighted by Crippen LogP contribution is 2.28. The van der Waals surface area contributed by atoms with Crippen LogP contribution in [0.5, 0.6) is 0 Å². The Morgan fingerprint density at radius 2 is 2.00 bits per heavy atom. The number of rotatable bonds is 7. The van der Waals surface area contributed by atoms with E-state index in [2.05, 4.69) is 5.43 Å². The van der Waals surface area contributed by atoms with E-state index in [0.717, 1.165) is 13.0 Å². The lowest BCUT2D eigenvalue weighted by atomic mass is 10.1. The number of amides is 1. The van der Waals surface area contributed by atoms with Gasteiger partial charge in [0.1, 0.15) is 11.3 Å². The molecule has 0 aliphatic heterocycles. The number of nitrogens with two attached hydrogens (primary N) is 1. The number of nitrogens with one attached hydrogen (secondary N) is 1. The molecule has 21 heavy (non-hydrogen) atoms. The van der Waals surface area contributed by atoms with E-state index >= 15 is 0 Å². The van der Waals surface area contributed by atoms with E-state index in [9.17, 15) is 14.9 Å². The Balaban J connectivity index is 2.94. The van der Waals surface area contributed by atoms with E-state index < -0.39 is 10.8 Å². The van der Waals surface area contributed by atoms with Gasteiger partial charge < -0.3 is 15.2 Å². The molecule has 1 amide bonds. The average molecular weight is 295 g/mol. The van der Waals surface area contributed by atoms with E-state index in [-0.39, 0.29) is 16.9 Å². The van der Waals surface area contributed by atoms with Crippen LogP contribution in [0.1, 0.15) is 16.8 Å². The minimum absolute atomic E-state index is 0.0304. The van der Waals surface area contributed by atoms with Gasteiger partial charge in [0.05, 0.1) is 4.92 Å². The summed E-state index contributed by atoms with van der Waals surface area (Å²) >= 11 is 0. The predicted molar refractivity (Wildman–Crippen MR) is 81.0 cm³/mol. The zero-order valence-corrected chi connectivity index (χ0v) is 12.5. The second-order valence-corrected chi connectivity index (χ2v) is 4.99. The second-order valence-electron chi connectivity index (χ2n) is 4.99. The number of carbonyl (C=O) groups is 1. The molecule has 0 heterocycles. The molecule has 1 rings (SSSR count). The largest absolute Gasteiger partial charge is 0.341 e. The van der Waals surface area contributed by atoms with Crippen LogP contribution in [-0.2, 0) is 0 Å². The van der Waals surface area contributed by atoms with Crippen LogP contribution in [-0.4, -0.2) is 54.9 Å². The first-order chi connectivity index (χ1) is 9.88. The van der Waals surface area contributed by atoms with E-state index in [1.54, 1.807) is 13.1 Å². The highest BCUT2D eigenvalue weighted by atomic mass is 16.6. The summed E-state index contributed by atoms with van der Waals surface area (Å²) < 4.78 is 0. The number of nitrogens with zero attached hydrogens (tertiary/aromatic N) is 3. The van der Waals surface area contributed by atoms with Crippen molar-refractivity contribution in [3.63, 3.8) is 0 Å². The first-order valence-electron chi connectivity index (χ1n) is 6.52. The summed E-state index contributed by atoms with van der Waals surface area (Å²) in [6.07, 6.45) is 0.790. The molecule has 8 nitrogen and oxygen atoms in total. The molecule has 8 heteroatoms. The molecule has 0 aliphatic rings. The maximum atomic E-state index is 12.4. The molecule has 1 aromatic rings. The number of nitrogen functional groups attached to an aromatic ring is 1. The van der Waals surface area contributed by atoms with Crippen molar-refractivity contribution >= 4 is 17.3 Å². The van der Waals surface area contributed by atoms with Gasteiger partial charge in [-0.2, -0.15) is 0 Å². The number of nitro groups is 1. The molecule has 1 aromatic carbocycles. The van der Waals surface area contributed by atoms with Gasteiger partial charge in [0.25, 0.3) is 5.91 Å². The molecule has 0 bridgehead atoms. The fourth-order valence-corrected chi connectivity index (χ4v) is 1.96. The molecule has 0 aromatic heterocycles. The third-order valence-electron chi connectivity index (χ3n) is 3.05. The third-order valence-corrected chi connectivity index (χ3v) is 3.05. The Morgan fingerprint density at radius 3 is 2.52 bits per heavy atom. The molecule has 0 fully saturated rings. The minimum Gasteiger partial charge on any atom is -0.341 e. The van der Waals surface area contributed by atoms with Crippen molar-refractivity contribution in [3.05, 3.63) is 33.9 Å². The fourth-order valence-electron chi connectivity index (χ4n) is 1.96. The quantitative estimate of drug-likeness (QED) is 0.440. The van der Waals surface area contributed by atoms with Crippen molar-refractivity contribution in [1.82, 2.24) is 9.80 Å². The number of benzene rings is 1. The van der Waals surface area contributed by atoms with Crippen molar-refractivity contribution in [2.24, 2.45) is 5.84 Å². The maximum Gasteiger partial charge on any atom is 0.306 e. The van der Waals surface area contributed by atoms with Crippen LogP contribution >= 0.6 is 0 Å². The third kappa shape index (κ3) is 4.40. The lowest BCUT2D eigenvalue weighted by molar-refractivity contribution is -0.384. The van der Waals surface area contributed by atoms with Crippen LogP contribution in [0.15, 0.2) is 18.2 Å². The van der Waals surface area contributed by atoms with Gasteiger partial charge in [-0.05, 0) is 39.2 Å². The SMILES string of the molecule is CN(C)CCCN(C)C(=O)c1cccc(NN)c1[N+](=O)[O-]. The first-order valence-corrected chi connectivity index (χ1v) is 6.52. The summed E-state index contributed by atoms with van der Waals surface area (Å²) in [5.41, 5.74) is 2.10. The molecule has 0 saturated carbocycles. The zero-order chi connectivity index (χ0) is 16.0. The monoisotopic (exact) mass is 295 g/mol. The summed E-state index contributed by atoms with van der Waals surface area (Å²) in [6.45, 7) is 1.36. The molecule has 0 radical (unpaired) electrons. The first kappa shape index (κ1) is 16.9. The highest BCUT2D eigenvalue weighted by Gasteiger charge is 2.26. The molecular weight excluding hydrogens is 274 g/mol. The number of carbonyl (C=O) groups excluding carboxylic acids is 1. The Morgan fingerprint density at radius 1 is 1.33 bits per heavy atom. The van der Waals surface area contributed by atoms with Crippen molar-refractivity contribution < 1.29 is 9.72 Å². The summed E-state index contributed by atoms with van der Waals surface area (Å²) in [5.74, 6) is 4.87. The van der Waals surface area contributed by atoms with Crippen molar-refractivity contribution in [2.75, 3.05) is 39.7 Å². The number of hydrogen-bond acceptors (Lipinski definition) is 6. The van der Waals surface area contributed by atoms with Crippen LogP contribution in [0.25, 0.3) is 0 Å². The van der Waals surface area contributed by atoms with E-state index in [0.29, 0.717) is 6.54 Å². The number of anilines is 1. The van der Waals surface area contributed by atoms with Crippen molar-refractivity contribution in [3.8, 4) is 0 Å². The Hall–Kier alpha value is -2.19. The molecule has 3 N–H and O–H groups in total. The van der Waals surface area contributed by atoms with Gasteiger partial charge in [-0.3, -0.25) is 20.8 Å². The van der Waals surface area contributed by atoms with Gasteiger partial charge in [0.2, 0.25) is 0 Å². The lowest BCUT2D eigenvalue weighted by Gasteiger charge is -2.19. The Labute approximate surface area is 123 Å². The zero-order valence-electron chi connectivity index (χ0n) is 12.5. The van der Waals surface area contributed by atoms with Gasteiger partial charge in [0.15, 0.2) is 0 Å². The van der Waals surface area contributed by atoms with Gasteiger partial charge in [-0.15, -0.1) is 0 Å². The van der Waals surface area contributed by atoms with Gasteiger partial charge in [-0.25, -0.2) is 0 Å². The normalized spacial score (nSPS) is 10.5. The van der Waals surface area contributed by atoms with E-state index in [1.807, 2.05) is 19.0 Å². The maximum absolute atomic E-state index is 12.4. The average Bonchev–Trinajstić information content (AvgIpc) is 2.44. The number of nitro benzene ring substituents is 1. The Bertz CT molecular complexity index is 519. The summed E-state index contributed by atoms with van der Waals surface area (Å²) in [5, 5.41) is 11.2. The topological polar surface area (TPSA) is 105 Å². The van der Waals surface area contributed by atoms with E-state index in [4.69, 9.17) is 5.84 Å². The van der Waals surface area contributed by atoms with Crippen LogP contribution < -0.4 is 11.3 Å². The van der Waals surface area contributed by atoms with Gasteiger partial charge >= 0.3 is 5.69 Å². The second kappa shape index (κ2) is 7.55. The summed E-state index contributed by atoms with van der Waals surface area (Å²) in [4.78, 5) is 26.4. The van der Waals surface area contributed by atoms with Crippen molar-refractivity contribution in [2.45, 2.75) is 6.42 Å². The predicted octanol–water partition coefficient (Wildman–Crippen LogP) is 0.904. The van der Waals surface area contributed by atoms with Crippen molar-refractivity contribution in [1.29, 1.82) is 0 Å². The number of hydrazine groups is 1. The standard InChI is InChI=1S/C13H21N5O3/c1-16(2)8-5-9-17(3)13(19)10-6-4-7-11(15-14)12(10)18(20)21/h4,6-7,15H,5,8-9,14H2,1-3H3. The molecule has 0 spiro atoms. The van der Waals surface area contributed by atoms with E-state index in [1.165, 1.54) is 17.0 Å². The number of hydrogen-bond donors (Lipinski definition) is 2. The van der Waals surface area contributed by atoms with Gasteiger partial charge in [-0.1, -0.05) is 6.07 Å². The lowest BCUT2D eigenvalue weighted by Crippen LogP contribution is -2.30. The highest BCUT2D eigenvalue weighted by molar-refractivity contribution is 6.00. The summed E-state index contributed by atoms with van der Waals surface area (Å²) in [7, 11) is 5.52. The minimum atomic E-state index is -0.601. The molecule has 0 saturated heterocycles. The molecule has 0 aliphatic carbocycles. The van der Waals surface area contributed by atoms with Crippen LogP contribution in [0.3, 0.4) is 0 Å². The fraction of sp³-hybridized carbons (Fsp3) is 0.462. The molecule has 116 valence electrons. The smallest absolute Gasteiger partial charge is 0.306 e. The molecule has 0 atom stereocenters. The van der Waals surface area contributed by atoms with Crippen LogP contribution in [0.2, 0.25) is 0 Å². The molecular formula is C13H21N5O3. The number of para-hydroxylation sites is 1. The van der Waals surface area contributed by atoms with Gasteiger partial charge in [0, 0.05) is 13.6 Å². The van der Waals surface area contributed by atoms with Crippen LogP contribution in [0.4, 0.5) is 11.4 Å². The molecule has 0 unspecified atom stereocenters. The Kier molecular flexibility index (Phi) is 6.07. The summed E-state index contributed by atoms with van der Waals surface area (Å²) in [6, 6.07) is 4.45. The van der Waals surface area contributed by atoms with Crippen LogP contribution in [0, 0.1) is 10.1 Å².